The van der Waals surface area contributed by atoms with Gasteiger partial charge in [0.05, 0.1) is 13.1 Å². The van der Waals surface area contributed by atoms with Gasteiger partial charge in [-0.1, -0.05) is 24.6 Å². The number of likely N-dealkylation sites (N-methyl/N-ethyl adjacent to an activating group) is 2. The highest BCUT2D eigenvalue weighted by Crippen LogP contribution is 2.23. The van der Waals surface area contributed by atoms with Crippen LogP contribution in [0.5, 0.6) is 11.5 Å². The van der Waals surface area contributed by atoms with E-state index < -0.39 is 0 Å². The summed E-state index contributed by atoms with van der Waals surface area (Å²) < 4.78 is 5.78. The van der Waals surface area contributed by atoms with Crippen LogP contribution in [0.2, 0.25) is 0 Å². The summed E-state index contributed by atoms with van der Waals surface area (Å²) in [6.07, 6.45) is 0. The molecule has 0 saturated carbocycles. The zero-order chi connectivity index (χ0) is 19.6. The molecule has 0 aliphatic heterocycles. The van der Waals surface area contributed by atoms with Crippen molar-refractivity contribution in [2.24, 2.45) is 0 Å². The summed E-state index contributed by atoms with van der Waals surface area (Å²) in [7, 11) is 0. The number of anilines is 1. The first kappa shape index (κ1) is 20.5. The summed E-state index contributed by atoms with van der Waals surface area (Å²) in [4.78, 5) is 25.7. The number of rotatable bonds is 9. The topological polar surface area (TPSA) is 70.7 Å². The number of hydrogen-bond donors (Lipinski definition) is 2. The van der Waals surface area contributed by atoms with Crippen LogP contribution in [0, 0.1) is 6.92 Å². The molecule has 2 aromatic rings. The lowest BCUT2D eigenvalue weighted by atomic mass is 10.2. The molecule has 6 nitrogen and oxygen atoms in total. The van der Waals surface area contributed by atoms with Gasteiger partial charge < -0.3 is 15.4 Å². The Hall–Kier alpha value is -2.86. The second-order valence-electron chi connectivity index (χ2n) is 6.24. The number of nitrogens with one attached hydrogen (secondary N) is 2. The smallest absolute Gasteiger partial charge is 0.238 e. The van der Waals surface area contributed by atoms with Crippen LogP contribution in [0.15, 0.2) is 48.5 Å². The minimum atomic E-state index is -0.159. The van der Waals surface area contributed by atoms with Crippen molar-refractivity contribution in [2.75, 3.05) is 31.5 Å². The van der Waals surface area contributed by atoms with E-state index in [4.69, 9.17) is 4.74 Å². The van der Waals surface area contributed by atoms with Gasteiger partial charge in [-0.3, -0.25) is 14.5 Å². The van der Waals surface area contributed by atoms with E-state index in [2.05, 4.69) is 10.6 Å². The van der Waals surface area contributed by atoms with Crippen molar-refractivity contribution >= 4 is 17.5 Å². The van der Waals surface area contributed by atoms with Crippen LogP contribution in [0.4, 0.5) is 5.69 Å². The number of ether oxygens (including phenoxy) is 1. The van der Waals surface area contributed by atoms with Gasteiger partial charge in [0.1, 0.15) is 11.5 Å². The predicted molar refractivity (Wildman–Crippen MR) is 107 cm³/mol. The lowest BCUT2D eigenvalue weighted by molar-refractivity contribution is -0.123. The molecule has 0 saturated heterocycles. The average Bonchev–Trinajstić information content (AvgIpc) is 2.65. The van der Waals surface area contributed by atoms with Gasteiger partial charge in [0.25, 0.3) is 0 Å². The minimum Gasteiger partial charge on any atom is -0.457 e. The summed E-state index contributed by atoms with van der Waals surface area (Å²) in [5, 5.41) is 5.58. The number of nitrogens with zero attached hydrogens (tertiary/aromatic N) is 1. The molecule has 144 valence electrons. The Labute approximate surface area is 160 Å². The van der Waals surface area contributed by atoms with Crippen molar-refractivity contribution in [3.63, 3.8) is 0 Å². The highest BCUT2D eigenvalue weighted by Gasteiger charge is 2.12. The maximum Gasteiger partial charge on any atom is 0.238 e. The number of aryl methyl sites for hydroxylation is 1. The number of hydrogen-bond acceptors (Lipinski definition) is 4. The van der Waals surface area contributed by atoms with E-state index in [1.54, 1.807) is 17.0 Å². The fraction of sp³-hybridized carbons (Fsp3) is 0.333. The molecule has 0 aliphatic rings. The van der Waals surface area contributed by atoms with Gasteiger partial charge in [-0.05, 0) is 56.8 Å². The van der Waals surface area contributed by atoms with E-state index >= 15 is 0 Å². The third-order valence-corrected chi connectivity index (χ3v) is 3.95. The van der Waals surface area contributed by atoms with Crippen molar-refractivity contribution in [3.8, 4) is 11.5 Å². The first-order chi connectivity index (χ1) is 13.0. The minimum absolute atomic E-state index is 0.0789. The van der Waals surface area contributed by atoms with E-state index in [-0.39, 0.29) is 24.9 Å². The molecule has 2 rings (SSSR count). The normalized spacial score (nSPS) is 10.5. The van der Waals surface area contributed by atoms with Crippen molar-refractivity contribution < 1.29 is 14.3 Å². The largest absolute Gasteiger partial charge is 0.457 e. The third kappa shape index (κ3) is 7.11. The quantitative estimate of drug-likeness (QED) is 0.712. The zero-order valence-corrected chi connectivity index (χ0v) is 16.1. The first-order valence-electron chi connectivity index (χ1n) is 9.13. The van der Waals surface area contributed by atoms with Gasteiger partial charge in [0.15, 0.2) is 0 Å². The monoisotopic (exact) mass is 369 g/mol. The van der Waals surface area contributed by atoms with Crippen LogP contribution < -0.4 is 15.4 Å². The molecule has 27 heavy (non-hydrogen) atoms. The molecule has 0 fully saturated rings. The fourth-order valence-electron chi connectivity index (χ4n) is 2.49. The molecule has 6 heteroatoms. The lowest BCUT2D eigenvalue weighted by Gasteiger charge is -2.19. The van der Waals surface area contributed by atoms with Gasteiger partial charge in [-0.25, -0.2) is 0 Å². The number of carbonyl (C=O) groups is 2. The maximum atomic E-state index is 12.2. The van der Waals surface area contributed by atoms with Gasteiger partial charge in [-0.2, -0.15) is 0 Å². The number of benzene rings is 2. The second-order valence-corrected chi connectivity index (χ2v) is 6.24. The Bertz CT molecular complexity index is 742. The summed E-state index contributed by atoms with van der Waals surface area (Å²) in [6.45, 7) is 7.39. The SMILES string of the molecule is CCNC(=O)CN(CC)CC(=O)Nc1ccc(Oc2ccc(C)cc2)cc1. The van der Waals surface area contributed by atoms with E-state index in [1.807, 2.05) is 57.2 Å². The summed E-state index contributed by atoms with van der Waals surface area (Å²) >= 11 is 0. The maximum absolute atomic E-state index is 12.2. The van der Waals surface area contributed by atoms with Crippen LogP contribution in [-0.2, 0) is 9.59 Å². The Morgan fingerprint density at radius 3 is 2.00 bits per heavy atom. The molecule has 0 aromatic heterocycles. The molecule has 0 heterocycles. The molecule has 0 spiro atoms. The molecule has 2 aromatic carbocycles. The number of amides is 2. The Balaban J connectivity index is 1.86. The molecule has 0 aliphatic carbocycles. The highest BCUT2D eigenvalue weighted by molar-refractivity contribution is 5.92. The Kier molecular flexibility index (Phi) is 7.82. The molecular formula is C21H27N3O3. The van der Waals surface area contributed by atoms with Gasteiger partial charge in [0, 0.05) is 12.2 Å². The Morgan fingerprint density at radius 2 is 1.44 bits per heavy atom. The van der Waals surface area contributed by atoms with Gasteiger partial charge in [-0.15, -0.1) is 0 Å². The van der Waals surface area contributed by atoms with Crippen molar-refractivity contribution in [3.05, 3.63) is 54.1 Å². The van der Waals surface area contributed by atoms with E-state index in [1.165, 1.54) is 5.56 Å². The number of carbonyl (C=O) groups excluding carboxylic acids is 2. The third-order valence-electron chi connectivity index (χ3n) is 3.95. The standard InChI is InChI=1S/C21H27N3O3/c1-4-22-20(25)14-24(5-2)15-21(26)23-17-8-12-19(13-9-17)27-18-10-6-16(3)7-11-18/h6-13H,4-5,14-15H2,1-3H3,(H,22,25)(H,23,26). The molecule has 0 bridgehead atoms. The summed E-state index contributed by atoms with van der Waals surface area (Å²) in [6, 6.07) is 15.0. The van der Waals surface area contributed by atoms with Crippen LogP contribution >= 0.6 is 0 Å². The van der Waals surface area contributed by atoms with E-state index in [9.17, 15) is 9.59 Å². The zero-order valence-electron chi connectivity index (χ0n) is 16.1. The van der Waals surface area contributed by atoms with Crippen LogP contribution in [0.1, 0.15) is 19.4 Å². The molecule has 2 N–H and O–H groups in total. The first-order valence-corrected chi connectivity index (χ1v) is 9.13. The van der Waals surface area contributed by atoms with Gasteiger partial charge >= 0.3 is 0 Å². The molecule has 0 unspecified atom stereocenters. The van der Waals surface area contributed by atoms with Crippen LogP contribution in [0.3, 0.4) is 0 Å². The molecule has 2 amide bonds. The summed E-state index contributed by atoms with van der Waals surface area (Å²) in [5.41, 5.74) is 1.86. The van der Waals surface area contributed by atoms with E-state index in [0.29, 0.717) is 24.5 Å². The van der Waals surface area contributed by atoms with Crippen LogP contribution in [0.25, 0.3) is 0 Å². The molecular weight excluding hydrogens is 342 g/mol. The molecule has 0 radical (unpaired) electrons. The Morgan fingerprint density at radius 1 is 0.889 bits per heavy atom. The van der Waals surface area contributed by atoms with Crippen LogP contribution in [-0.4, -0.2) is 42.9 Å². The van der Waals surface area contributed by atoms with Crippen molar-refractivity contribution in [1.82, 2.24) is 10.2 Å². The van der Waals surface area contributed by atoms with Gasteiger partial charge in [0.2, 0.25) is 11.8 Å². The highest BCUT2D eigenvalue weighted by atomic mass is 16.5. The van der Waals surface area contributed by atoms with Crippen molar-refractivity contribution in [1.29, 1.82) is 0 Å². The van der Waals surface area contributed by atoms with E-state index in [0.717, 1.165) is 5.75 Å². The van der Waals surface area contributed by atoms with Crippen molar-refractivity contribution in [2.45, 2.75) is 20.8 Å². The predicted octanol–water partition coefficient (Wildman–Crippen LogP) is 3.18. The second kappa shape index (κ2) is 10.3. The molecule has 0 atom stereocenters. The average molecular weight is 369 g/mol. The lowest BCUT2D eigenvalue weighted by Crippen LogP contribution is -2.40. The fourth-order valence-corrected chi connectivity index (χ4v) is 2.49. The summed E-state index contributed by atoms with van der Waals surface area (Å²) in [5.74, 6) is 1.22.